The molecule has 1 aliphatic heterocycles. The first-order valence-electron chi connectivity index (χ1n) is 5.87. The number of hydrogen-bond donors (Lipinski definition) is 0. The van der Waals surface area contributed by atoms with Gasteiger partial charge < -0.3 is 9.64 Å². The standard InChI is InChI=1S/C13H11Cl2N3O/c14-10-3-1-9(2-4-10)8-18-5-6-19-11-7-16-13(15)17-12(11)18/h1-4,7H,5-6,8H2. The Morgan fingerprint density at radius 3 is 2.79 bits per heavy atom. The fraction of sp³-hybridized carbons (Fsp3) is 0.231. The molecule has 0 radical (unpaired) electrons. The maximum atomic E-state index is 5.88. The predicted molar refractivity (Wildman–Crippen MR) is 75.0 cm³/mol. The van der Waals surface area contributed by atoms with Gasteiger partial charge in [-0.3, -0.25) is 0 Å². The van der Waals surface area contributed by atoms with Gasteiger partial charge in [0, 0.05) is 11.6 Å². The molecule has 1 aliphatic rings. The Balaban J connectivity index is 1.87. The van der Waals surface area contributed by atoms with Crippen LogP contribution in [0.5, 0.6) is 5.75 Å². The SMILES string of the molecule is Clc1ccc(CN2CCOc3cnc(Cl)nc32)cc1. The number of aromatic nitrogens is 2. The molecule has 19 heavy (non-hydrogen) atoms. The summed E-state index contributed by atoms with van der Waals surface area (Å²) in [4.78, 5) is 10.3. The van der Waals surface area contributed by atoms with E-state index in [0.29, 0.717) is 12.4 Å². The maximum Gasteiger partial charge on any atom is 0.224 e. The molecule has 3 rings (SSSR count). The van der Waals surface area contributed by atoms with Gasteiger partial charge in [0.2, 0.25) is 5.28 Å². The molecular weight excluding hydrogens is 285 g/mol. The Morgan fingerprint density at radius 1 is 1.21 bits per heavy atom. The van der Waals surface area contributed by atoms with Crippen molar-refractivity contribution >= 4 is 29.0 Å². The van der Waals surface area contributed by atoms with Gasteiger partial charge in [-0.1, -0.05) is 23.7 Å². The van der Waals surface area contributed by atoms with Gasteiger partial charge in [-0.15, -0.1) is 0 Å². The molecular formula is C13H11Cl2N3O. The van der Waals surface area contributed by atoms with E-state index >= 15 is 0 Å². The van der Waals surface area contributed by atoms with Crippen LogP contribution in [0.3, 0.4) is 0 Å². The third-order valence-electron chi connectivity index (χ3n) is 2.91. The van der Waals surface area contributed by atoms with Gasteiger partial charge in [-0.2, -0.15) is 4.98 Å². The first kappa shape index (κ1) is 12.5. The van der Waals surface area contributed by atoms with Crippen molar-refractivity contribution in [3.8, 4) is 5.75 Å². The Bertz CT molecular complexity index is 589. The normalized spacial score (nSPS) is 13.9. The first-order valence-corrected chi connectivity index (χ1v) is 6.63. The molecule has 0 saturated heterocycles. The van der Waals surface area contributed by atoms with E-state index in [9.17, 15) is 0 Å². The molecule has 6 heteroatoms. The van der Waals surface area contributed by atoms with Crippen molar-refractivity contribution in [2.75, 3.05) is 18.1 Å². The molecule has 0 aliphatic carbocycles. The Hall–Kier alpha value is -1.52. The minimum Gasteiger partial charge on any atom is -0.486 e. The molecule has 0 saturated carbocycles. The topological polar surface area (TPSA) is 38.2 Å². The monoisotopic (exact) mass is 295 g/mol. The second-order valence-corrected chi connectivity index (χ2v) is 5.00. The lowest BCUT2D eigenvalue weighted by molar-refractivity contribution is 0.303. The number of halogens is 2. The van der Waals surface area contributed by atoms with Crippen LogP contribution >= 0.6 is 23.2 Å². The van der Waals surface area contributed by atoms with Crippen LogP contribution in [0.1, 0.15) is 5.56 Å². The summed E-state index contributed by atoms with van der Waals surface area (Å²) in [6.45, 7) is 2.12. The van der Waals surface area contributed by atoms with Crippen molar-refractivity contribution in [3.05, 3.63) is 46.3 Å². The van der Waals surface area contributed by atoms with E-state index in [2.05, 4.69) is 14.9 Å². The highest BCUT2D eigenvalue weighted by atomic mass is 35.5. The van der Waals surface area contributed by atoms with Crippen molar-refractivity contribution in [3.63, 3.8) is 0 Å². The number of fused-ring (bicyclic) bond motifs is 1. The lowest BCUT2D eigenvalue weighted by Crippen LogP contribution is -2.33. The van der Waals surface area contributed by atoms with Crippen LogP contribution in [-0.4, -0.2) is 23.1 Å². The fourth-order valence-electron chi connectivity index (χ4n) is 2.01. The lowest BCUT2D eigenvalue weighted by Gasteiger charge is -2.29. The molecule has 1 aromatic carbocycles. The Labute approximate surface area is 120 Å². The van der Waals surface area contributed by atoms with Crippen LogP contribution in [0.2, 0.25) is 10.3 Å². The molecule has 1 aromatic heterocycles. The van der Waals surface area contributed by atoms with E-state index in [-0.39, 0.29) is 5.28 Å². The van der Waals surface area contributed by atoms with Crippen LogP contribution < -0.4 is 9.64 Å². The minimum atomic E-state index is 0.227. The molecule has 0 bridgehead atoms. The van der Waals surface area contributed by atoms with Gasteiger partial charge >= 0.3 is 0 Å². The smallest absolute Gasteiger partial charge is 0.224 e. The molecule has 98 valence electrons. The van der Waals surface area contributed by atoms with Gasteiger partial charge in [-0.25, -0.2) is 4.98 Å². The number of ether oxygens (including phenoxy) is 1. The lowest BCUT2D eigenvalue weighted by atomic mass is 10.2. The van der Waals surface area contributed by atoms with Crippen molar-refractivity contribution in [2.45, 2.75) is 6.54 Å². The predicted octanol–water partition coefficient (Wildman–Crippen LogP) is 3.18. The summed E-state index contributed by atoms with van der Waals surface area (Å²) in [7, 11) is 0. The molecule has 2 aromatic rings. The van der Waals surface area contributed by atoms with Crippen LogP contribution in [0.15, 0.2) is 30.5 Å². The van der Waals surface area contributed by atoms with Gasteiger partial charge in [0.1, 0.15) is 6.61 Å². The number of anilines is 1. The zero-order chi connectivity index (χ0) is 13.2. The van der Waals surface area contributed by atoms with Gasteiger partial charge in [0.05, 0.1) is 12.7 Å². The van der Waals surface area contributed by atoms with E-state index in [1.807, 2.05) is 24.3 Å². The average molecular weight is 296 g/mol. The summed E-state index contributed by atoms with van der Waals surface area (Å²) < 4.78 is 5.52. The Kier molecular flexibility index (Phi) is 3.44. The number of hydrogen-bond acceptors (Lipinski definition) is 4. The highest BCUT2D eigenvalue weighted by molar-refractivity contribution is 6.30. The van der Waals surface area contributed by atoms with Crippen LogP contribution in [0.25, 0.3) is 0 Å². The van der Waals surface area contributed by atoms with Crippen molar-refractivity contribution in [1.29, 1.82) is 0 Å². The highest BCUT2D eigenvalue weighted by Gasteiger charge is 2.20. The van der Waals surface area contributed by atoms with Crippen molar-refractivity contribution < 1.29 is 4.74 Å². The quantitative estimate of drug-likeness (QED) is 0.798. The third-order valence-corrected chi connectivity index (χ3v) is 3.35. The number of benzene rings is 1. The zero-order valence-corrected chi connectivity index (χ0v) is 11.5. The fourth-order valence-corrected chi connectivity index (χ4v) is 2.26. The van der Waals surface area contributed by atoms with Gasteiger partial charge in [0.15, 0.2) is 11.6 Å². The summed E-state index contributed by atoms with van der Waals surface area (Å²) in [5, 5.41) is 0.960. The summed E-state index contributed by atoms with van der Waals surface area (Å²) in [6.07, 6.45) is 1.61. The molecule has 0 spiro atoms. The molecule has 2 heterocycles. The third kappa shape index (κ3) is 2.74. The largest absolute Gasteiger partial charge is 0.486 e. The molecule has 0 N–H and O–H groups in total. The van der Waals surface area contributed by atoms with Gasteiger partial charge in [0.25, 0.3) is 0 Å². The molecule has 0 fully saturated rings. The van der Waals surface area contributed by atoms with E-state index in [4.69, 9.17) is 27.9 Å². The molecule has 0 unspecified atom stereocenters. The Morgan fingerprint density at radius 2 is 2.00 bits per heavy atom. The number of nitrogens with zero attached hydrogens (tertiary/aromatic N) is 3. The van der Waals surface area contributed by atoms with E-state index in [1.165, 1.54) is 0 Å². The molecule has 0 atom stereocenters. The summed E-state index contributed by atoms with van der Waals surface area (Å²) in [5.41, 5.74) is 1.16. The van der Waals surface area contributed by atoms with Crippen LogP contribution in [0, 0.1) is 0 Å². The minimum absolute atomic E-state index is 0.227. The zero-order valence-electron chi connectivity index (χ0n) is 10.0. The second kappa shape index (κ2) is 5.23. The van der Waals surface area contributed by atoms with E-state index in [0.717, 1.165) is 29.5 Å². The summed E-state index contributed by atoms with van der Waals surface area (Å²) in [5.74, 6) is 1.41. The second-order valence-electron chi connectivity index (χ2n) is 4.22. The molecule has 4 nitrogen and oxygen atoms in total. The van der Waals surface area contributed by atoms with E-state index < -0.39 is 0 Å². The van der Waals surface area contributed by atoms with Gasteiger partial charge in [-0.05, 0) is 29.3 Å². The van der Waals surface area contributed by atoms with Crippen LogP contribution in [-0.2, 0) is 6.54 Å². The average Bonchev–Trinajstić information content (AvgIpc) is 2.42. The van der Waals surface area contributed by atoms with Crippen LogP contribution in [0.4, 0.5) is 5.82 Å². The summed E-state index contributed by atoms with van der Waals surface area (Å²) in [6, 6.07) is 7.76. The molecule has 0 amide bonds. The number of rotatable bonds is 2. The van der Waals surface area contributed by atoms with E-state index in [1.54, 1.807) is 6.20 Å². The van der Waals surface area contributed by atoms with Crippen molar-refractivity contribution in [1.82, 2.24) is 9.97 Å². The van der Waals surface area contributed by atoms with Crippen molar-refractivity contribution in [2.24, 2.45) is 0 Å². The summed E-state index contributed by atoms with van der Waals surface area (Å²) >= 11 is 11.7. The first-order chi connectivity index (χ1) is 9.22. The highest BCUT2D eigenvalue weighted by Crippen LogP contribution is 2.30. The maximum absolute atomic E-state index is 5.88.